The Bertz CT molecular complexity index is 596. The molecular formula is C19H25NSi. The minimum Gasteiger partial charge on any atom is -0.370 e. The highest BCUT2D eigenvalue weighted by Crippen LogP contribution is 2.23. The number of nitrogens with zero attached hydrogens (tertiary/aromatic N) is 1. The van der Waals surface area contributed by atoms with Crippen LogP contribution in [0.3, 0.4) is 0 Å². The zero-order valence-corrected chi connectivity index (χ0v) is 14.5. The molecule has 0 amide bonds. The van der Waals surface area contributed by atoms with Gasteiger partial charge in [-0.05, 0) is 17.2 Å². The van der Waals surface area contributed by atoms with Crippen LogP contribution in [0.2, 0.25) is 19.6 Å². The number of anilines is 1. The second kappa shape index (κ2) is 6.77. The second-order valence-electron chi connectivity index (χ2n) is 6.60. The van der Waals surface area contributed by atoms with Crippen LogP contribution in [-0.4, -0.2) is 15.1 Å². The standard InChI is InChI=1S/C19H25NSi/c1-20(16-17-10-6-5-7-11-17)19-13-9-8-12-18(19)14-15-21(2,3)4/h5-15H,16H2,1-4H3/b15-14-. The fraction of sp³-hybridized carbons (Fsp3) is 0.263. The van der Waals surface area contributed by atoms with Gasteiger partial charge >= 0.3 is 0 Å². The first-order chi connectivity index (χ1) is 9.96. The van der Waals surface area contributed by atoms with Gasteiger partial charge < -0.3 is 4.90 Å². The van der Waals surface area contributed by atoms with Crippen molar-refractivity contribution in [3.05, 3.63) is 71.4 Å². The SMILES string of the molecule is CN(Cc1ccccc1)c1ccccc1/C=C\[Si](C)(C)C. The van der Waals surface area contributed by atoms with E-state index in [1.165, 1.54) is 16.8 Å². The van der Waals surface area contributed by atoms with E-state index in [1.54, 1.807) is 0 Å². The Balaban J connectivity index is 2.21. The Labute approximate surface area is 129 Å². The van der Waals surface area contributed by atoms with E-state index in [4.69, 9.17) is 0 Å². The molecule has 0 aliphatic carbocycles. The number of para-hydroxylation sites is 1. The molecule has 0 bridgehead atoms. The molecule has 0 heterocycles. The van der Waals surface area contributed by atoms with Gasteiger partial charge in [-0.1, -0.05) is 79.9 Å². The summed E-state index contributed by atoms with van der Waals surface area (Å²) >= 11 is 0. The zero-order valence-electron chi connectivity index (χ0n) is 13.5. The molecule has 0 aliphatic heterocycles. The molecule has 0 atom stereocenters. The van der Waals surface area contributed by atoms with Crippen molar-refractivity contribution in [3.8, 4) is 0 Å². The summed E-state index contributed by atoms with van der Waals surface area (Å²) < 4.78 is 0. The molecule has 2 heteroatoms. The maximum Gasteiger partial charge on any atom is 0.0687 e. The van der Waals surface area contributed by atoms with Gasteiger partial charge in [-0.2, -0.15) is 0 Å². The van der Waals surface area contributed by atoms with E-state index >= 15 is 0 Å². The van der Waals surface area contributed by atoms with Crippen molar-refractivity contribution in [1.29, 1.82) is 0 Å². The van der Waals surface area contributed by atoms with Gasteiger partial charge in [0, 0.05) is 19.3 Å². The van der Waals surface area contributed by atoms with Gasteiger partial charge in [-0.25, -0.2) is 0 Å². The van der Waals surface area contributed by atoms with Crippen LogP contribution in [0, 0.1) is 0 Å². The normalized spacial score (nSPS) is 11.8. The van der Waals surface area contributed by atoms with E-state index in [0.717, 1.165) is 6.54 Å². The molecule has 110 valence electrons. The average Bonchev–Trinajstić information content (AvgIpc) is 2.46. The third-order valence-corrected chi connectivity index (χ3v) is 4.54. The van der Waals surface area contributed by atoms with Crippen LogP contribution in [0.1, 0.15) is 11.1 Å². The smallest absolute Gasteiger partial charge is 0.0687 e. The summed E-state index contributed by atoms with van der Waals surface area (Å²) in [7, 11) is 0.990. The zero-order chi connectivity index (χ0) is 15.3. The number of hydrogen-bond donors (Lipinski definition) is 0. The van der Waals surface area contributed by atoms with Gasteiger partial charge in [-0.15, -0.1) is 0 Å². The fourth-order valence-electron chi connectivity index (χ4n) is 2.26. The molecule has 0 saturated carbocycles. The molecule has 0 saturated heterocycles. The number of rotatable bonds is 5. The van der Waals surface area contributed by atoms with Crippen LogP contribution < -0.4 is 4.90 Å². The molecule has 1 nitrogen and oxygen atoms in total. The average molecular weight is 296 g/mol. The van der Waals surface area contributed by atoms with E-state index < -0.39 is 8.07 Å². The molecule has 0 aromatic heterocycles. The minimum absolute atomic E-state index is 0.929. The third kappa shape index (κ3) is 4.90. The number of benzene rings is 2. The van der Waals surface area contributed by atoms with Crippen molar-refractivity contribution in [2.24, 2.45) is 0 Å². The van der Waals surface area contributed by atoms with Gasteiger partial charge in [0.05, 0.1) is 8.07 Å². The van der Waals surface area contributed by atoms with E-state index in [2.05, 4.69) is 98.0 Å². The van der Waals surface area contributed by atoms with Crippen LogP contribution in [-0.2, 0) is 6.54 Å². The molecule has 2 aromatic rings. The first-order valence-electron chi connectivity index (χ1n) is 7.49. The summed E-state index contributed by atoms with van der Waals surface area (Å²) in [4.78, 5) is 2.32. The van der Waals surface area contributed by atoms with E-state index in [9.17, 15) is 0 Å². The van der Waals surface area contributed by atoms with E-state index in [0.29, 0.717) is 0 Å². The van der Waals surface area contributed by atoms with Crippen LogP contribution in [0.5, 0.6) is 0 Å². The summed E-state index contributed by atoms with van der Waals surface area (Å²) in [6, 6.07) is 19.2. The van der Waals surface area contributed by atoms with Gasteiger partial charge in [0.25, 0.3) is 0 Å². The van der Waals surface area contributed by atoms with Crippen molar-refractivity contribution in [1.82, 2.24) is 0 Å². The van der Waals surface area contributed by atoms with Gasteiger partial charge in [0.15, 0.2) is 0 Å². The minimum atomic E-state index is -1.17. The Morgan fingerprint density at radius 2 is 1.52 bits per heavy atom. The molecule has 2 aromatic carbocycles. The summed E-state index contributed by atoms with van der Waals surface area (Å²) in [5.41, 5.74) is 6.33. The van der Waals surface area contributed by atoms with Crippen molar-refractivity contribution in [2.75, 3.05) is 11.9 Å². The first-order valence-corrected chi connectivity index (χ1v) is 11.1. The topological polar surface area (TPSA) is 3.24 Å². The molecule has 0 fully saturated rings. The first kappa shape index (κ1) is 15.6. The Hall–Kier alpha value is -1.80. The summed E-state index contributed by atoms with van der Waals surface area (Å²) in [5, 5.41) is 0. The van der Waals surface area contributed by atoms with Crippen LogP contribution >= 0.6 is 0 Å². The number of hydrogen-bond acceptors (Lipinski definition) is 1. The van der Waals surface area contributed by atoms with Gasteiger partial charge in [-0.3, -0.25) is 0 Å². The second-order valence-corrected chi connectivity index (χ2v) is 11.7. The molecule has 21 heavy (non-hydrogen) atoms. The molecule has 0 N–H and O–H groups in total. The lowest BCUT2D eigenvalue weighted by Gasteiger charge is -2.22. The van der Waals surface area contributed by atoms with Crippen molar-refractivity contribution < 1.29 is 0 Å². The van der Waals surface area contributed by atoms with Crippen molar-refractivity contribution >= 4 is 19.8 Å². The fourth-order valence-corrected chi connectivity index (χ4v) is 2.94. The Kier molecular flexibility index (Phi) is 5.02. The lowest BCUT2D eigenvalue weighted by atomic mass is 10.1. The molecule has 0 spiro atoms. The molecular weight excluding hydrogens is 270 g/mol. The predicted molar refractivity (Wildman–Crippen MR) is 97.4 cm³/mol. The molecule has 0 unspecified atom stereocenters. The quantitative estimate of drug-likeness (QED) is 0.684. The monoisotopic (exact) mass is 295 g/mol. The summed E-state index contributed by atoms with van der Waals surface area (Å²) in [6.45, 7) is 8.01. The lowest BCUT2D eigenvalue weighted by Crippen LogP contribution is -2.18. The highest BCUT2D eigenvalue weighted by atomic mass is 28.3. The molecule has 2 rings (SSSR count). The van der Waals surface area contributed by atoms with Crippen molar-refractivity contribution in [2.45, 2.75) is 26.2 Å². The Morgan fingerprint density at radius 1 is 0.905 bits per heavy atom. The van der Waals surface area contributed by atoms with Gasteiger partial charge in [0.2, 0.25) is 0 Å². The molecule has 0 aliphatic rings. The largest absolute Gasteiger partial charge is 0.370 e. The lowest BCUT2D eigenvalue weighted by molar-refractivity contribution is 0.922. The van der Waals surface area contributed by atoms with Crippen LogP contribution in [0.25, 0.3) is 6.08 Å². The Morgan fingerprint density at radius 3 is 2.19 bits per heavy atom. The summed E-state index contributed by atoms with van der Waals surface area (Å²) in [6.07, 6.45) is 2.29. The van der Waals surface area contributed by atoms with Crippen LogP contribution in [0.4, 0.5) is 5.69 Å². The maximum absolute atomic E-state index is 2.40. The predicted octanol–water partition coefficient (Wildman–Crippen LogP) is 5.21. The highest BCUT2D eigenvalue weighted by Gasteiger charge is 2.09. The maximum atomic E-state index is 2.40. The molecule has 0 radical (unpaired) electrons. The van der Waals surface area contributed by atoms with Gasteiger partial charge in [0.1, 0.15) is 0 Å². The highest BCUT2D eigenvalue weighted by molar-refractivity contribution is 6.81. The van der Waals surface area contributed by atoms with E-state index in [-0.39, 0.29) is 0 Å². The van der Waals surface area contributed by atoms with E-state index in [1.807, 2.05) is 0 Å². The van der Waals surface area contributed by atoms with Crippen LogP contribution in [0.15, 0.2) is 60.3 Å². The van der Waals surface area contributed by atoms with Crippen molar-refractivity contribution in [3.63, 3.8) is 0 Å². The third-order valence-electron chi connectivity index (χ3n) is 3.37. The summed E-state index contributed by atoms with van der Waals surface area (Å²) in [5.74, 6) is 0.